The number of benzene rings is 2. The van der Waals surface area contributed by atoms with Crippen molar-refractivity contribution in [1.29, 1.82) is 0 Å². The zero-order valence-corrected chi connectivity index (χ0v) is 14.4. The van der Waals surface area contributed by atoms with Crippen LogP contribution >= 0.6 is 7.14 Å². The topological polar surface area (TPSA) is 52.6 Å². The van der Waals surface area contributed by atoms with Crippen molar-refractivity contribution >= 4 is 23.7 Å². The zero-order valence-electron chi connectivity index (χ0n) is 13.5. The van der Waals surface area contributed by atoms with Crippen LogP contribution in [0.4, 0.5) is 0 Å². The molecule has 0 aromatic heterocycles. The lowest BCUT2D eigenvalue weighted by Crippen LogP contribution is -2.35. The summed E-state index contributed by atoms with van der Waals surface area (Å²) < 4.78 is 24.6. The monoisotopic (exact) mass is 332 g/mol. The van der Waals surface area contributed by atoms with Crippen LogP contribution in [0.2, 0.25) is 0 Å². The van der Waals surface area contributed by atoms with Crippen molar-refractivity contribution in [2.45, 2.75) is 25.8 Å². The molecule has 0 radical (unpaired) electrons. The van der Waals surface area contributed by atoms with E-state index < -0.39 is 19.0 Å². The molecule has 23 heavy (non-hydrogen) atoms. The molecule has 1 unspecified atom stereocenters. The first-order chi connectivity index (χ1) is 11.0. The van der Waals surface area contributed by atoms with Gasteiger partial charge in [-0.1, -0.05) is 60.7 Å². The van der Waals surface area contributed by atoms with Crippen molar-refractivity contribution in [2.24, 2.45) is 0 Å². The Bertz CT molecular complexity index is 639. The second kappa shape index (κ2) is 7.58. The Morgan fingerprint density at radius 1 is 0.913 bits per heavy atom. The van der Waals surface area contributed by atoms with Crippen LogP contribution in [-0.2, 0) is 18.8 Å². The van der Waals surface area contributed by atoms with Gasteiger partial charge in [0.1, 0.15) is 0 Å². The number of hydrogen-bond acceptors (Lipinski definition) is 4. The average Bonchev–Trinajstić information content (AvgIpc) is 2.56. The van der Waals surface area contributed by atoms with E-state index >= 15 is 0 Å². The second-order valence-corrected chi connectivity index (χ2v) is 8.22. The molecule has 0 aliphatic rings. The molecule has 0 aliphatic heterocycles. The molecule has 122 valence electrons. The van der Waals surface area contributed by atoms with E-state index in [-0.39, 0.29) is 6.10 Å². The van der Waals surface area contributed by atoms with Gasteiger partial charge in [0.15, 0.2) is 7.14 Å². The molecule has 0 heterocycles. The number of methoxy groups -OCH3 is 1. The SMILES string of the molecule is COC(C(=O)OC(C)C)P(=O)(c1ccccc1)c1ccccc1. The summed E-state index contributed by atoms with van der Waals surface area (Å²) >= 11 is 0. The first kappa shape index (κ1) is 17.5. The van der Waals surface area contributed by atoms with Gasteiger partial charge >= 0.3 is 5.97 Å². The summed E-state index contributed by atoms with van der Waals surface area (Å²) in [5.41, 5.74) is 0. The Morgan fingerprint density at radius 3 is 1.70 bits per heavy atom. The van der Waals surface area contributed by atoms with E-state index in [2.05, 4.69) is 0 Å². The predicted molar refractivity (Wildman–Crippen MR) is 91.8 cm³/mol. The van der Waals surface area contributed by atoms with Gasteiger partial charge in [0.05, 0.1) is 6.10 Å². The lowest BCUT2D eigenvalue weighted by Gasteiger charge is -2.26. The fraction of sp³-hybridized carbons (Fsp3) is 0.278. The maximum Gasteiger partial charge on any atom is 0.343 e. The third-order valence-corrected chi connectivity index (χ3v) is 6.60. The van der Waals surface area contributed by atoms with E-state index in [0.29, 0.717) is 10.6 Å². The molecule has 4 nitrogen and oxygen atoms in total. The third kappa shape index (κ3) is 3.72. The van der Waals surface area contributed by atoms with Crippen LogP contribution in [0.5, 0.6) is 0 Å². The number of rotatable bonds is 6. The van der Waals surface area contributed by atoms with Gasteiger partial charge in [0.2, 0.25) is 5.85 Å². The standard InChI is InChI=1S/C18H21O4P/c1-14(2)22-17(19)18(21-3)23(20,15-10-6-4-7-11-15)16-12-8-5-9-13-16/h4-14,18H,1-3H3. The first-order valence-corrected chi connectivity index (χ1v) is 9.22. The van der Waals surface area contributed by atoms with Crippen molar-refractivity contribution < 1.29 is 18.8 Å². The molecular weight excluding hydrogens is 311 g/mol. The Hall–Kier alpha value is -1.90. The summed E-state index contributed by atoms with van der Waals surface area (Å²) in [6.45, 7) is 3.50. The molecule has 0 amide bonds. The second-order valence-electron chi connectivity index (χ2n) is 5.40. The molecule has 0 fully saturated rings. The van der Waals surface area contributed by atoms with Crippen molar-refractivity contribution in [3.63, 3.8) is 0 Å². The van der Waals surface area contributed by atoms with Crippen molar-refractivity contribution in [2.75, 3.05) is 7.11 Å². The maximum absolute atomic E-state index is 13.9. The van der Waals surface area contributed by atoms with E-state index in [4.69, 9.17) is 9.47 Å². The summed E-state index contributed by atoms with van der Waals surface area (Å²) in [6.07, 6.45) is -0.305. The van der Waals surface area contributed by atoms with Gasteiger partial charge in [-0.05, 0) is 13.8 Å². The van der Waals surface area contributed by atoms with E-state index in [0.717, 1.165) is 0 Å². The molecule has 2 rings (SSSR count). The van der Waals surface area contributed by atoms with Crippen molar-refractivity contribution in [1.82, 2.24) is 0 Å². The largest absolute Gasteiger partial charge is 0.461 e. The van der Waals surface area contributed by atoms with Crippen LogP contribution in [0.3, 0.4) is 0 Å². The van der Waals surface area contributed by atoms with Crippen LogP contribution in [0.25, 0.3) is 0 Å². The summed E-state index contributed by atoms with van der Waals surface area (Å²) in [4.78, 5) is 12.5. The van der Waals surface area contributed by atoms with Gasteiger partial charge in [0, 0.05) is 17.7 Å². The van der Waals surface area contributed by atoms with Crippen LogP contribution < -0.4 is 10.6 Å². The summed E-state index contributed by atoms with van der Waals surface area (Å²) in [5, 5.41) is 1.14. The molecular formula is C18H21O4P. The summed E-state index contributed by atoms with van der Waals surface area (Å²) in [5.74, 6) is -1.78. The van der Waals surface area contributed by atoms with Gasteiger partial charge in [-0.25, -0.2) is 4.79 Å². The first-order valence-electron chi connectivity index (χ1n) is 7.44. The van der Waals surface area contributed by atoms with Gasteiger partial charge in [-0.15, -0.1) is 0 Å². The van der Waals surface area contributed by atoms with Crippen molar-refractivity contribution in [3.8, 4) is 0 Å². The number of hydrogen-bond donors (Lipinski definition) is 0. The minimum absolute atomic E-state index is 0.305. The van der Waals surface area contributed by atoms with Crippen LogP contribution in [0, 0.1) is 0 Å². The lowest BCUT2D eigenvalue weighted by atomic mass is 10.4. The highest BCUT2D eigenvalue weighted by Crippen LogP contribution is 2.49. The van der Waals surface area contributed by atoms with Crippen LogP contribution in [0.1, 0.15) is 13.8 Å². The highest BCUT2D eigenvalue weighted by molar-refractivity contribution is 7.79. The van der Waals surface area contributed by atoms with Gasteiger partial charge < -0.3 is 14.0 Å². The molecule has 2 aromatic carbocycles. The summed E-state index contributed by atoms with van der Waals surface area (Å²) in [6, 6.07) is 17.9. The Kier molecular flexibility index (Phi) is 5.75. The third-order valence-electron chi connectivity index (χ3n) is 3.39. The number of carbonyl (C=O) groups excluding carboxylic acids is 1. The molecule has 0 saturated carbocycles. The highest BCUT2D eigenvalue weighted by Gasteiger charge is 2.43. The molecule has 5 heteroatoms. The number of esters is 1. The quantitative estimate of drug-likeness (QED) is 0.603. The molecule has 1 atom stereocenters. The smallest absolute Gasteiger partial charge is 0.343 e. The Morgan fingerprint density at radius 2 is 1.35 bits per heavy atom. The van der Waals surface area contributed by atoms with Gasteiger partial charge in [0.25, 0.3) is 0 Å². The number of ether oxygens (including phenoxy) is 2. The summed E-state index contributed by atoms with van der Waals surface area (Å²) in [7, 11) is -1.96. The highest BCUT2D eigenvalue weighted by atomic mass is 31.2. The molecule has 0 spiro atoms. The molecule has 0 bridgehead atoms. The van der Waals surface area contributed by atoms with E-state index in [1.54, 1.807) is 62.4 Å². The van der Waals surface area contributed by atoms with Crippen LogP contribution in [-0.4, -0.2) is 25.0 Å². The maximum atomic E-state index is 13.9. The normalized spacial score (nSPS) is 12.9. The lowest BCUT2D eigenvalue weighted by molar-refractivity contribution is -0.154. The van der Waals surface area contributed by atoms with E-state index in [1.165, 1.54) is 7.11 Å². The van der Waals surface area contributed by atoms with E-state index in [1.807, 2.05) is 12.1 Å². The minimum Gasteiger partial charge on any atom is -0.461 e. The molecule has 0 N–H and O–H groups in total. The molecule has 0 saturated heterocycles. The van der Waals surface area contributed by atoms with Crippen LogP contribution in [0.15, 0.2) is 60.7 Å². The van der Waals surface area contributed by atoms with Crippen molar-refractivity contribution in [3.05, 3.63) is 60.7 Å². The average molecular weight is 332 g/mol. The van der Waals surface area contributed by atoms with Gasteiger partial charge in [-0.3, -0.25) is 0 Å². The Balaban J connectivity index is 2.58. The van der Waals surface area contributed by atoms with E-state index in [9.17, 15) is 9.36 Å². The molecule has 0 aliphatic carbocycles. The minimum atomic E-state index is -3.34. The zero-order chi connectivity index (χ0) is 16.9. The fourth-order valence-electron chi connectivity index (χ4n) is 2.40. The predicted octanol–water partition coefficient (Wildman–Crippen LogP) is 2.92. The fourth-order valence-corrected chi connectivity index (χ4v) is 5.13. The molecule has 2 aromatic rings. The Labute approximate surface area is 136 Å². The number of carbonyl (C=O) groups is 1. The van der Waals surface area contributed by atoms with Gasteiger partial charge in [-0.2, -0.15) is 0 Å².